The zero-order valence-corrected chi connectivity index (χ0v) is 22.4. The summed E-state index contributed by atoms with van der Waals surface area (Å²) in [6, 6.07) is 7.31. The number of amides is 2. The third-order valence-corrected chi connectivity index (χ3v) is 5.74. The van der Waals surface area contributed by atoms with E-state index in [1.807, 2.05) is 38.1 Å². The zero-order valence-electron chi connectivity index (χ0n) is 21.6. The molecular weight excluding hydrogens is 506 g/mol. The summed E-state index contributed by atoms with van der Waals surface area (Å²) in [5.74, 6) is -0.269. The first kappa shape index (κ1) is 31.1. The number of urea groups is 1. The van der Waals surface area contributed by atoms with Gasteiger partial charge in [-0.2, -0.15) is 0 Å². The van der Waals surface area contributed by atoms with Crippen LogP contribution in [0.15, 0.2) is 24.3 Å². The fourth-order valence-corrected chi connectivity index (χ4v) is 3.76. The lowest BCUT2D eigenvalue weighted by molar-refractivity contribution is -0.158. The first-order valence-electron chi connectivity index (χ1n) is 12.5. The van der Waals surface area contributed by atoms with Crippen LogP contribution >= 0.6 is 12.4 Å². The SMILES string of the molecule is CC1(C)OC[C@H](COC(=O)CCc2ccc(OC[C@H](O)CNCCNC(=O)N3CCOCC3)cc2)O1.Cl. The fraction of sp³-hybridized carbons (Fsp3) is 0.680. The Hall–Kier alpha value is -2.15. The molecule has 0 bridgehead atoms. The molecule has 2 amide bonds. The average Bonchev–Trinajstić information content (AvgIpc) is 3.24. The Balaban J connectivity index is 0.00000481. The number of hydrogen-bond acceptors (Lipinski definition) is 9. The van der Waals surface area contributed by atoms with Crippen molar-refractivity contribution in [3.63, 3.8) is 0 Å². The second-order valence-electron chi connectivity index (χ2n) is 9.28. The van der Waals surface area contributed by atoms with Crippen LogP contribution < -0.4 is 15.4 Å². The van der Waals surface area contributed by atoms with E-state index in [4.69, 9.17) is 23.7 Å². The third kappa shape index (κ3) is 11.8. The molecule has 12 heteroatoms. The molecule has 11 nitrogen and oxygen atoms in total. The van der Waals surface area contributed by atoms with Crippen molar-refractivity contribution in [3.8, 4) is 5.75 Å². The van der Waals surface area contributed by atoms with E-state index in [0.717, 1.165) is 5.56 Å². The number of morpholine rings is 1. The van der Waals surface area contributed by atoms with Crippen LogP contribution in [0.2, 0.25) is 0 Å². The molecule has 0 saturated carbocycles. The Morgan fingerprint density at radius 2 is 1.92 bits per heavy atom. The van der Waals surface area contributed by atoms with Crippen molar-refractivity contribution in [1.29, 1.82) is 0 Å². The highest BCUT2D eigenvalue weighted by Crippen LogP contribution is 2.22. The number of carbonyl (C=O) groups is 2. The molecule has 0 spiro atoms. The van der Waals surface area contributed by atoms with Crippen LogP contribution in [0.4, 0.5) is 4.79 Å². The molecule has 37 heavy (non-hydrogen) atoms. The molecule has 2 atom stereocenters. The van der Waals surface area contributed by atoms with Crippen molar-refractivity contribution in [2.45, 2.75) is 44.7 Å². The van der Waals surface area contributed by atoms with Gasteiger partial charge in [0.15, 0.2) is 5.79 Å². The number of nitrogens with one attached hydrogen (secondary N) is 2. The molecule has 3 N–H and O–H groups in total. The van der Waals surface area contributed by atoms with Crippen molar-refractivity contribution in [2.24, 2.45) is 0 Å². The van der Waals surface area contributed by atoms with Crippen LogP contribution in [0.5, 0.6) is 5.75 Å². The minimum absolute atomic E-state index is 0. The van der Waals surface area contributed by atoms with Gasteiger partial charge < -0.3 is 44.3 Å². The van der Waals surface area contributed by atoms with Gasteiger partial charge >= 0.3 is 12.0 Å². The summed E-state index contributed by atoms with van der Waals surface area (Å²) < 4.78 is 27.2. The lowest BCUT2D eigenvalue weighted by Crippen LogP contribution is -2.47. The number of benzene rings is 1. The first-order chi connectivity index (χ1) is 17.3. The largest absolute Gasteiger partial charge is 0.491 e. The van der Waals surface area contributed by atoms with E-state index in [2.05, 4.69) is 10.6 Å². The monoisotopic (exact) mass is 545 g/mol. The molecule has 2 saturated heterocycles. The van der Waals surface area contributed by atoms with E-state index < -0.39 is 11.9 Å². The van der Waals surface area contributed by atoms with Crippen molar-refractivity contribution >= 4 is 24.4 Å². The van der Waals surface area contributed by atoms with Gasteiger partial charge in [-0.25, -0.2) is 4.79 Å². The summed E-state index contributed by atoms with van der Waals surface area (Å²) in [7, 11) is 0. The Kier molecular flexibility index (Phi) is 13.4. The highest BCUT2D eigenvalue weighted by Gasteiger charge is 2.33. The van der Waals surface area contributed by atoms with Crippen LogP contribution in [0.1, 0.15) is 25.8 Å². The molecule has 2 aliphatic heterocycles. The molecule has 2 fully saturated rings. The van der Waals surface area contributed by atoms with Gasteiger partial charge in [0.25, 0.3) is 0 Å². The van der Waals surface area contributed by atoms with Gasteiger partial charge in [-0.3, -0.25) is 4.79 Å². The second kappa shape index (κ2) is 16.0. The van der Waals surface area contributed by atoms with Gasteiger partial charge in [0.1, 0.15) is 31.2 Å². The van der Waals surface area contributed by atoms with Gasteiger partial charge in [-0.1, -0.05) is 12.1 Å². The molecular formula is C25H40ClN3O8. The van der Waals surface area contributed by atoms with Gasteiger partial charge in [0.05, 0.1) is 19.8 Å². The van der Waals surface area contributed by atoms with Crippen LogP contribution in [0.25, 0.3) is 0 Å². The zero-order chi connectivity index (χ0) is 25.8. The minimum atomic E-state index is -0.686. The number of esters is 1. The number of aliphatic hydroxyl groups excluding tert-OH is 1. The highest BCUT2D eigenvalue weighted by atomic mass is 35.5. The maximum Gasteiger partial charge on any atom is 0.317 e. The van der Waals surface area contributed by atoms with E-state index in [-0.39, 0.29) is 50.1 Å². The van der Waals surface area contributed by atoms with Crippen LogP contribution in [-0.4, -0.2) is 106 Å². The van der Waals surface area contributed by atoms with Gasteiger partial charge in [-0.15, -0.1) is 12.4 Å². The highest BCUT2D eigenvalue weighted by molar-refractivity contribution is 5.85. The Morgan fingerprint density at radius 1 is 1.19 bits per heavy atom. The molecule has 0 aromatic heterocycles. The van der Waals surface area contributed by atoms with Crippen LogP contribution in [0, 0.1) is 0 Å². The summed E-state index contributed by atoms with van der Waals surface area (Å²) in [5, 5.41) is 16.1. The van der Waals surface area contributed by atoms with E-state index >= 15 is 0 Å². The minimum Gasteiger partial charge on any atom is -0.491 e. The van der Waals surface area contributed by atoms with E-state index in [1.165, 1.54) is 0 Å². The number of aliphatic hydroxyl groups is 1. The number of ether oxygens (including phenoxy) is 5. The number of nitrogens with zero attached hydrogens (tertiary/aromatic N) is 1. The maximum absolute atomic E-state index is 12.0. The third-order valence-electron chi connectivity index (χ3n) is 5.74. The lowest BCUT2D eigenvalue weighted by atomic mass is 10.1. The summed E-state index contributed by atoms with van der Waals surface area (Å²) in [5.41, 5.74) is 0.988. The molecule has 2 aliphatic rings. The fourth-order valence-electron chi connectivity index (χ4n) is 3.76. The van der Waals surface area contributed by atoms with Crippen LogP contribution in [0.3, 0.4) is 0 Å². The summed E-state index contributed by atoms with van der Waals surface area (Å²) in [6.07, 6.45) is -0.0863. The molecule has 3 rings (SSSR count). The van der Waals surface area contributed by atoms with Crippen molar-refractivity contribution < 1.29 is 38.4 Å². The van der Waals surface area contributed by atoms with Crippen molar-refractivity contribution in [1.82, 2.24) is 15.5 Å². The Bertz CT molecular complexity index is 821. The molecule has 0 radical (unpaired) electrons. The number of halogens is 1. The number of aryl methyl sites for hydroxylation is 1. The van der Waals surface area contributed by atoms with Gasteiger partial charge in [-0.05, 0) is 38.0 Å². The molecule has 2 heterocycles. The number of hydrogen-bond donors (Lipinski definition) is 3. The number of rotatable bonds is 13. The van der Waals surface area contributed by atoms with Gasteiger partial charge in [0, 0.05) is 39.1 Å². The summed E-state index contributed by atoms with van der Waals surface area (Å²) in [4.78, 5) is 25.7. The maximum atomic E-state index is 12.0. The number of carbonyl (C=O) groups excluding carboxylic acids is 2. The molecule has 0 aliphatic carbocycles. The molecule has 1 aromatic carbocycles. The van der Waals surface area contributed by atoms with Crippen molar-refractivity contribution in [2.75, 3.05) is 65.8 Å². The normalized spacial score (nSPS) is 19.5. The Labute approximate surface area is 224 Å². The molecule has 0 unspecified atom stereocenters. The molecule has 1 aromatic rings. The molecule has 210 valence electrons. The smallest absolute Gasteiger partial charge is 0.317 e. The quantitative estimate of drug-likeness (QED) is 0.247. The van der Waals surface area contributed by atoms with Gasteiger partial charge in [0.2, 0.25) is 0 Å². The van der Waals surface area contributed by atoms with E-state index in [1.54, 1.807) is 4.90 Å². The topological polar surface area (TPSA) is 128 Å². The van der Waals surface area contributed by atoms with E-state index in [9.17, 15) is 14.7 Å². The second-order valence-corrected chi connectivity index (χ2v) is 9.28. The predicted octanol–water partition coefficient (Wildman–Crippen LogP) is 1.11. The summed E-state index contributed by atoms with van der Waals surface area (Å²) in [6.45, 7) is 8.13. The lowest BCUT2D eigenvalue weighted by Gasteiger charge is -2.27. The first-order valence-corrected chi connectivity index (χ1v) is 12.5. The van der Waals surface area contributed by atoms with E-state index in [0.29, 0.717) is 64.7 Å². The average molecular weight is 546 g/mol. The van der Waals surface area contributed by atoms with Crippen LogP contribution in [-0.2, 0) is 30.2 Å². The predicted molar refractivity (Wildman–Crippen MR) is 138 cm³/mol. The Morgan fingerprint density at radius 3 is 2.59 bits per heavy atom. The standard InChI is InChI=1S/C25H39N3O8.ClH/c1-25(2)35-18-22(36-25)17-34-23(30)8-5-19-3-6-21(7-4-19)33-16-20(29)15-26-9-10-27-24(31)28-11-13-32-14-12-28;/h3-4,6-7,20,22,26,29H,5,8-18H2,1-2H3,(H,27,31);1H/t20-,22+;/m1./s1. The van der Waals surface area contributed by atoms with Crippen molar-refractivity contribution in [3.05, 3.63) is 29.8 Å². The summed E-state index contributed by atoms with van der Waals surface area (Å²) >= 11 is 0.